The van der Waals surface area contributed by atoms with E-state index in [-0.39, 0.29) is 28.8 Å². The second-order valence-corrected chi connectivity index (χ2v) is 10.1. The molecule has 182 valence electrons. The highest BCUT2D eigenvalue weighted by Crippen LogP contribution is 2.29. The van der Waals surface area contributed by atoms with Crippen molar-refractivity contribution in [2.45, 2.75) is 17.7 Å². The Hall–Kier alpha value is -3.83. The third-order valence-corrected chi connectivity index (χ3v) is 7.49. The summed E-state index contributed by atoms with van der Waals surface area (Å²) >= 11 is 0. The van der Waals surface area contributed by atoms with E-state index in [1.54, 1.807) is 24.4 Å². The Morgan fingerprint density at radius 2 is 1.86 bits per heavy atom. The number of nitrogens with one attached hydrogen (secondary N) is 3. The summed E-state index contributed by atoms with van der Waals surface area (Å²) in [5.74, 6) is -0.958. The average Bonchev–Trinajstić information content (AvgIpc) is 3.28. The van der Waals surface area contributed by atoms with Crippen LogP contribution in [0.4, 0.5) is 11.4 Å². The maximum atomic E-state index is 13.2. The predicted octanol–water partition coefficient (Wildman–Crippen LogP) is 2.66. The summed E-state index contributed by atoms with van der Waals surface area (Å²) in [6.45, 7) is 2.89. The zero-order chi connectivity index (χ0) is 24.6. The molecule has 11 heteroatoms. The molecule has 0 saturated carbocycles. The van der Waals surface area contributed by atoms with E-state index in [2.05, 4.69) is 19.6 Å². The van der Waals surface area contributed by atoms with Gasteiger partial charge in [-0.05, 0) is 54.4 Å². The van der Waals surface area contributed by atoms with Crippen molar-refractivity contribution in [1.82, 2.24) is 9.97 Å². The van der Waals surface area contributed by atoms with Gasteiger partial charge in [0.2, 0.25) is 0 Å². The van der Waals surface area contributed by atoms with Crippen LogP contribution in [0.1, 0.15) is 12.0 Å². The number of sulfonamides is 1. The zero-order valence-corrected chi connectivity index (χ0v) is 19.5. The largest absolute Gasteiger partial charge is 0.481 e. The first-order valence-electron chi connectivity index (χ1n) is 11.2. The molecule has 4 aromatic rings. The van der Waals surface area contributed by atoms with Crippen LogP contribution in [0.5, 0.6) is 0 Å². The highest BCUT2D eigenvalue weighted by molar-refractivity contribution is 7.92. The van der Waals surface area contributed by atoms with Crippen LogP contribution in [0.15, 0.2) is 58.4 Å². The van der Waals surface area contributed by atoms with E-state index in [0.29, 0.717) is 40.8 Å². The van der Waals surface area contributed by atoms with E-state index in [4.69, 9.17) is 9.84 Å². The number of ether oxygens (including phenoxy) is 1. The van der Waals surface area contributed by atoms with E-state index >= 15 is 0 Å². The van der Waals surface area contributed by atoms with Crippen LogP contribution in [0.2, 0.25) is 0 Å². The minimum absolute atomic E-state index is 0.0287. The van der Waals surface area contributed by atoms with Crippen LogP contribution >= 0.6 is 0 Å². The molecule has 0 amide bonds. The maximum Gasteiger partial charge on any atom is 0.303 e. The van der Waals surface area contributed by atoms with Gasteiger partial charge in [-0.2, -0.15) is 0 Å². The summed E-state index contributed by atoms with van der Waals surface area (Å²) < 4.78 is 34.3. The fourth-order valence-corrected chi connectivity index (χ4v) is 5.44. The Labute approximate surface area is 200 Å². The first-order chi connectivity index (χ1) is 16.8. The number of benzene rings is 2. The highest BCUT2D eigenvalue weighted by atomic mass is 32.2. The number of carboxylic acid groups (broad SMARTS) is 1. The number of anilines is 2. The normalized spacial score (nSPS) is 14.5. The summed E-state index contributed by atoms with van der Waals surface area (Å²) in [5, 5.41) is 10.1. The lowest BCUT2D eigenvalue weighted by molar-refractivity contribution is -0.136. The lowest BCUT2D eigenvalue weighted by Gasteiger charge is -2.28. The van der Waals surface area contributed by atoms with E-state index in [0.717, 1.165) is 18.8 Å². The molecule has 0 spiro atoms. The number of aromatic nitrogens is 2. The van der Waals surface area contributed by atoms with Crippen molar-refractivity contribution in [1.29, 1.82) is 0 Å². The molecule has 3 heterocycles. The maximum absolute atomic E-state index is 13.2. The fourth-order valence-electron chi connectivity index (χ4n) is 4.36. The first kappa shape index (κ1) is 22.9. The number of rotatable bonds is 7. The Morgan fingerprint density at radius 3 is 2.57 bits per heavy atom. The standard InChI is InChI=1S/C24H24N4O6S/c29-21(30)8-1-15-14-25-23-22(15)19-13-18(6-7-20(19)26-24(23)31)35(32,33)27-16-2-4-17(5-3-16)28-9-11-34-12-10-28/h2-7,13-14,25,27H,1,8-12H2,(H,26,31)(H,29,30). The van der Waals surface area contributed by atoms with E-state index in [9.17, 15) is 18.0 Å². The number of aliphatic carboxylic acids is 1. The first-order valence-corrected chi connectivity index (χ1v) is 12.6. The number of aryl methyl sites for hydroxylation is 1. The van der Waals surface area contributed by atoms with Crippen molar-refractivity contribution in [3.63, 3.8) is 0 Å². The van der Waals surface area contributed by atoms with Gasteiger partial charge in [-0.25, -0.2) is 8.42 Å². The lowest BCUT2D eigenvalue weighted by Crippen LogP contribution is -2.36. The minimum Gasteiger partial charge on any atom is -0.481 e. The number of morpholine rings is 1. The number of H-pyrrole nitrogens is 2. The number of hydrogen-bond acceptors (Lipinski definition) is 6. The number of hydrogen-bond donors (Lipinski definition) is 4. The molecule has 0 unspecified atom stereocenters. The van der Waals surface area contributed by atoms with Gasteiger partial charge in [0.25, 0.3) is 15.6 Å². The average molecular weight is 497 g/mol. The molecule has 0 radical (unpaired) electrons. The van der Waals surface area contributed by atoms with Crippen LogP contribution in [0.25, 0.3) is 21.8 Å². The van der Waals surface area contributed by atoms with Crippen molar-refractivity contribution < 1.29 is 23.1 Å². The van der Waals surface area contributed by atoms with Gasteiger partial charge in [-0.15, -0.1) is 0 Å². The lowest BCUT2D eigenvalue weighted by atomic mass is 10.0. The van der Waals surface area contributed by atoms with Crippen LogP contribution in [-0.4, -0.2) is 55.8 Å². The molecule has 4 N–H and O–H groups in total. The van der Waals surface area contributed by atoms with Crippen molar-refractivity contribution >= 4 is 49.2 Å². The van der Waals surface area contributed by atoms with Crippen molar-refractivity contribution in [3.05, 3.63) is 64.6 Å². The molecule has 35 heavy (non-hydrogen) atoms. The second-order valence-electron chi connectivity index (χ2n) is 8.37. The Bertz CT molecular complexity index is 1570. The number of pyridine rings is 1. The third-order valence-electron chi connectivity index (χ3n) is 6.11. The molecule has 0 atom stereocenters. The molecule has 0 aliphatic carbocycles. The molecule has 1 fully saturated rings. The van der Waals surface area contributed by atoms with Gasteiger partial charge < -0.3 is 24.7 Å². The van der Waals surface area contributed by atoms with Gasteiger partial charge in [-0.3, -0.25) is 14.3 Å². The van der Waals surface area contributed by atoms with Crippen LogP contribution in [-0.2, 0) is 26.0 Å². The predicted molar refractivity (Wildman–Crippen MR) is 133 cm³/mol. The topological polar surface area (TPSA) is 145 Å². The fraction of sp³-hybridized carbons (Fsp3) is 0.250. The van der Waals surface area contributed by atoms with Crippen LogP contribution < -0.4 is 15.2 Å². The second kappa shape index (κ2) is 9.08. The van der Waals surface area contributed by atoms with Crippen LogP contribution in [0, 0.1) is 0 Å². The van der Waals surface area contributed by atoms with E-state index in [1.807, 2.05) is 12.1 Å². The van der Waals surface area contributed by atoms with Gasteiger partial charge in [0, 0.05) is 53.4 Å². The quantitative estimate of drug-likeness (QED) is 0.308. The number of fused-ring (bicyclic) bond motifs is 3. The molecular formula is C24H24N4O6S. The Kier molecular flexibility index (Phi) is 5.95. The third kappa shape index (κ3) is 4.60. The van der Waals surface area contributed by atoms with Gasteiger partial charge in [-0.1, -0.05) is 0 Å². The summed E-state index contributed by atoms with van der Waals surface area (Å²) in [6.07, 6.45) is 1.69. The van der Waals surface area contributed by atoms with E-state index in [1.165, 1.54) is 12.1 Å². The Balaban J connectivity index is 1.48. The summed E-state index contributed by atoms with van der Waals surface area (Å²) in [7, 11) is -3.92. The van der Waals surface area contributed by atoms with Crippen molar-refractivity contribution in [3.8, 4) is 0 Å². The van der Waals surface area contributed by atoms with Gasteiger partial charge >= 0.3 is 5.97 Å². The molecular weight excluding hydrogens is 472 g/mol. The number of aromatic amines is 2. The molecule has 10 nitrogen and oxygen atoms in total. The number of carboxylic acids is 1. The van der Waals surface area contributed by atoms with Gasteiger partial charge in [0.1, 0.15) is 5.52 Å². The molecule has 2 aromatic heterocycles. The van der Waals surface area contributed by atoms with Crippen molar-refractivity contribution in [2.24, 2.45) is 0 Å². The highest BCUT2D eigenvalue weighted by Gasteiger charge is 2.19. The molecule has 5 rings (SSSR count). The Morgan fingerprint density at radius 1 is 1.11 bits per heavy atom. The summed E-state index contributed by atoms with van der Waals surface area (Å²) in [4.78, 5) is 31.4. The van der Waals surface area contributed by atoms with Gasteiger partial charge in [0.05, 0.1) is 18.1 Å². The van der Waals surface area contributed by atoms with Crippen molar-refractivity contribution in [2.75, 3.05) is 35.9 Å². The molecule has 1 aliphatic heterocycles. The van der Waals surface area contributed by atoms with Gasteiger partial charge in [0.15, 0.2) is 0 Å². The molecule has 2 aromatic carbocycles. The number of carbonyl (C=O) groups is 1. The SMILES string of the molecule is O=C(O)CCc1c[nH]c2c(=O)[nH]c3ccc(S(=O)(=O)Nc4ccc(N5CCOCC5)cc4)cc3c12. The molecule has 0 bridgehead atoms. The van der Waals surface area contributed by atoms with Crippen LogP contribution in [0.3, 0.4) is 0 Å². The summed E-state index contributed by atoms with van der Waals surface area (Å²) in [5.41, 5.74) is 2.45. The van der Waals surface area contributed by atoms with E-state index < -0.39 is 16.0 Å². The monoisotopic (exact) mass is 496 g/mol. The molecule has 1 aliphatic rings. The minimum atomic E-state index is -3.92. The zero-order valence-electron chi connectivity index (χ0n) is 18.7. The number of nitrogens with zero attached hydrogens (tertiary/aromatic N) is 1. The molecule has 1 saturated heterocycles. The smallest absolute Gasteiger partial charge is 0.303 e. The summed E-state index contributed by atoms with van der Waals surface area (Å²) in [6, 6.07) is 11.6.